The van der Waals surface area contributed by atoms with Crippen LogP contribution in [0.1, 0.15) is 43.7 Å². The van der Waals surface area contributed by atoms with Crippen molar-refractivity contribution in [1.29, 1.82) is 5.41 Å². The van der Waals surface area contributed by atoms with E-state index in [9.17, 15) is 0 Å². The van der Waals surface area contributed by atoms with Gasteiger partial charge in [-0.25, -0.2) is 0 Å². The van der Waals surface area contributed by atoms with Gasteiger partial charge in [-0.05, 0) is 50.5 Å². The standard InChI is InChI=1S/C17H24N2/c1-4-19(3)15(18)17(11-16(12-17)8-9-16)14-7-5-6-13(2)10-14/h5-7,10,18H,4,8-9,11-12H2,1-3H3. The van der Waals surface area contributed by atoms with Gasteiger partial charge in [-0.3, -0.25) is 5.41 Å². The SMILES string of the molecule is CCN(C)C(=N)C1(c2cccc(C)c2)CC2(CC2)C1. The van der Waals surface area contributed by atoms with Crippen molar-refractivity contribution in [2.24, 2.45) is 5.41 Å². The highest BCUT2D eigenvalue weighted by Crippen LogP contribution is 2.69. The molecule has 0 bridgehead atoms. The summed E-state index contributed by atoms with van der Waals surface area (Å²) in [6.07, 6.45) is 5.13. The first kappa shape index (κ1) is 12.7. The number of nitrogens with zero attached hydrogens (tertiary/aromatic N) is 1. The Morgan fingerprint density at radius 1 is 1.32 bits per heavy atom. The van der Waals surface area contributed by atoms with Gasteiger partial charge in [-0.2, -0.15) is 0 Å². The zero-order valence-electron chi connectivity index (χ0n) is 12.3. The zero-order chi connectivity index (χ0) is 13.7. The molecule has 2 heteroatoms. The number of benzene rings is 1. The van der Waals surface area contributed by atoms with E-state index in [2.05, 4.69) is 50.1 Å². The molecule has 1 spiro atoms. The van der Waals surface area contributed by atoms with Gasteiger partial charge in [-0.1, -0.05) is 29.8 Å². The molecule has 3 rings (SSSR count). The first-order valence-corrected chi connectivity index (χ1v) is 7.39. The second-order valence-corrected chi connectivity index (χ2v) is 6.67. The molecule has 102 valence electrons. The van der Waals surface area contributed by atoms with E-state index in [0.29, 0.717) is 5.41 Å². The maximum absolute atomic E-state index is 8.64. The Bertz CT molecular complexity index is 506. The Morgan fingerprint density at radius 2 is 2.00 bits per heavy atom. The Labute approximate surface area is 116 Å². The lowest BCUT2D eigenvalue weighted by Crippen LogP contribution is -2.54. The summed E-state index contributed by atoms with van der Waals surface area (Å²) in [6.45, 7) is 5.19. The number of rotatable bonds is 3. The molecule has 0 aliphatic heterocycles. The van der Waals surface area contributed by atoms with E-state index in [-0.39, 0.29) is 5.41 Å². The molecule has 2 aliphatic carbocycles. The molecule has 2 nitrogen and oxygen atoms in total. The van der Waals surface area contributed by atoms with Gasteiger partial charge in [0.25, 0.3) is 0 Å². The van der Waals surface area contributed by atoms with Crippen molar-refractivity contribution in [2.75, 3.05) is 13.6 Å². The maximum Gasteiger partial charge on any atom is 0.106 e. The Hall–Kier alpha value is -1.31. The van der Waals surface area contributed by atoms with Crippen LogP contribution in [0.2, 0.25) is 0 Å². The van der Waals surface area contributed by atoms with Gasteiger partial charge < -0.3 is 4.90 Å². The van der Waals surface area contributed by atoms with Gasteiger partial charge in [-0.15, -0.1) is 0 Å². The molecule has 19 heavy (non-hydrogen) atoms. The first-order valence-electron chi connectivity index (χ1n) is 7.39. The lowest BCUT2D eigenvalue weighted by molar-refractivity contribution is 0.168. The van der Waals surface area contributed by atoms with E-state index in [1.165, 1.54) is 36.8 Å². The fourth-order valence-corrected chi connectivity index (χ4v) is 3.73. The van der Waals surface area contributed by atoms with Crippen LogP contribution in [0.25, 0.3) is 0 Å². The predicted molar refractivity (Wildman–Crippen MR) is 79.8 cm³/mol. The summed E-state index contributed by atoms with van der Waals surface area (Å²) in [5, 5.41) is 8.64. The third-order valence-corrected chi connectivity index (χ3v) is 5.19. The maximum atomic E-state index is 8.64. The van der Waals surface area contributed by atoms with Crippen molar-refractivity contribution in [1.82, 2.24) is 4.90 Å². The number of hydrogen-bond acceptors (Lipinski definition) is 1. The highest BCUT2D eigenvalue weighted by Gasteiger charge is 2.63. The largest absolute Gasteiger partial charge is 0.363 e. The van der Waals surface area contributed by atoms with E-state index < -0.39 is 0 Å². The van der Waals surface area contributed by atoms with Gasteiger partial charge in [0.2, 0.25) is 0 Å². The topological polar surface area (TPSA) is 27.1 Å². The Morgan fingerprint density at radius 3 is 2.53 bits per heavy atom. The molecule has 0 saturated heterocycles. The minimum Gasteiger partial charge on any atom is -0.363 e. The number of nitrogens with one attached hydrogen (secondary N) is 1. The molecule has 0 heterocycles. The molecule has 0 amide bonds. The Kier molecular flexibility index (Phi) is 2.74. The van der Waals surface area contributed by atoms with E-state index in [0.717, 1.165) is 12.4 Å². The summed E-state index contributed by atoms with van der Waals surface area (Å²) in [4.78, 5) is 2.11. The normalized spacial score (nSPS) is 21.8. The average Bonchev–Trinajstić information content (AvgIpc) is 3.15. The molecule has 0 aromatic heterocycles. The molecule has 1 aromatic rings. The minimum atomic E-state index is -0.00667. The van der Waals surface area contributed by atoms with Gasteiger partial charge >= 0.3 is 0 Å². The first-order chi connectivity index (χ1) is 9.01. The second kappa shape index (κ2) is 4.09. The molecule has 2 fully saturated rings. The number of amidine groups is 1. The van der Waals surface area contributed by atoms with Gasteiger partial charge in [0.15, 0.2) is 0 Å². The molecule has 0 radical (unpaired) electrons. The van der Waals surface area contributed by atoms with E-state index in [1.807, 2.05) is 0 Å². The number of aryl methyl sites for hydroxylation is 1. The number of hydrogen-bond donors (Lipinski definition) is 1. The number of likely N-dealkylation sites (N-methyl/N-ethyl adjacent to an activating group) is 1. The molecular formula is C17H24N2. The fourth-order valence-electron chi connectivity index (χ4n) is 3.73. The van der Waals surface area contributed by atoms with Gasteiger partial charge in [0, 0.05) is 13.6 Å². The average molecular weight is 256 g/mol. The lowest BCUT2D eigenvalue weighted by atomic mass is 9.55. The summed E-state index contributed by atoms with van der Waals surface area (Å²) in [6, 6.07) is 8.80. The third-order valence-electron chi connectivity index (χ3n) is 5.19. The van der Waals surface area contributed by atoms with Crippen LogP contribution in [0, 0.1) is 17.7 Å². The molecule has 0 atom stereocenters. The van der Waals surface area contributed by atoms with Crippen molar-refractivity contribution in [3.63, 3.8) is 0 Å². The van der Waals surface area contributed by atoms with E-state index in [4.69, 9.17) is 5.41 Å². The van der Waals surface area contributed by atoms with Crippen molar-refractivity contribution in [3.05, 3.63) is 35.4 Å². The van der Waals surface area contributed by atoms with Gasteiger partial charge in [0.05, 0.1) is 5.41 Å². The summed E-state index contributed by atoms with van der Waals surface area (Å²) < 4.78 is 0. The van der Waals surface area contributed by atoms with Crippen LogP contribution < -0.4 is 0 Å². The molecule has 2 aliphatic rings. The summed E-state index contributed by atoms with van der Waals surface area (Å²) in [5.74, 6) is 0.818. The molecule has 1 aromatic carbocycles. The van der Waals surface area contributed by atoms with Crippen LogP contribution in [0.5, 0.6) is 0 Å². The second-order valence-electron chi connectivity index (χ2n) is 6.67. The monoisotopic (exact) mass is 256 g/mol. The molecule has 1 N–H and O–H groups in total. The Balaban J connectivity index is 1.96. The highest BCUT2D eigenvalue weighted by molar-refractivity contribution is 5.92. The lowest BCUT2D eigenvalue weighted by Gasteiger charge is -2.51. The molecule has 0 unspecified atom stereocenters. The van der Waals surface area contributed by atoms with Crippen LogP contribution in [-0.4, -0.2) is 24.3 Å². The van der Waals surface area contributed by atoms with Crippen molar-refractivity contribution in [2.45, 2.75) is 44.9 Å². The quantitative estimate of drug-likeness (QED) is 0.647. The van der Waals surface area contributed by atoms with Crippen LogP contribution in [-0.2, 0) is 5.41 Å². The zero-order valence-corrected chi connectivity index (χ0v) is 12.3. The molecule has 2 saturated carbocycles. The summed E-state index contributed by atoms with van der Waals surface area (Å²) in [7, 11) is 2.05. The highest BCUT2D eigenvalue weighted by atomic mass is 15.1. The van der Waals surface area contributed by atoms with Crippen LogP contribution in [0.3, 0.4) is 0 Å². The van der Waals surface area contributed by atoms with E-state index >= 15 is 0 Å². The van der Waals surface area contributed by atoms with Crippen molar-refractivity contribution in [3.8, 4) is 0 Å². The van der Waals surface area contributed by atoms with E-state index in [1.54, 1.807) is 0 Å². The summed E-state index contributed by atoms with van der Waals surface area (Å²) >= 11 is 0. The third kappa shape index (κ3) is 1.89. The van der Waals surface area contributed by atoms with Gasteiger partial charge in [0.1, 0.15) is 5.84 Å². The fraction of sp³-hybridized carbons (Fsp3) is 0.588. The van der Waals surface area contributed by atoms with Crippen LogP contribution in [0.4, 0.5) is 0 Å². The molecular weight excluding hydrogens is 232 g/mol. The van der Waals surface area contributed by atoms with Crippen molar-refractivity contribution >= 4 is 5.84 Å². The van der Waals surface area contributed by atoms with Crippen LogP contribution >= 0.6 is 0 Å². The summed E-state index contributed by atoms with van der Waals surface area (Å²) in [5.41, 5.74) is 3.26. The minimum absolute atomic E-state index is 0.00667. The van der Waals surface area contributed by atoms with Crippen LogP contribution in [0.15, 0.2) is 24.3 Å². The predicted octanol–water partition coefficient (Wildman–Crippen LogP) is 3.74. The van der Waals surface area contributed by atoms with Crippen molar-refractivity contribution < 1.29 is 0 Å². The smallest absolute Gasteiger partial charge is 0.106 e.